The largest absolute Gasteiger partial charge is 0.450 e. The summed E-state index contributed by atoms with van der Waals surface area (Å²) in [6.07, 6.45) is 6.42. The van der Waals surface area contributed by atoms with E-state index in [1.54, 1.807) is 33.0 Å². The van der Waals surface area contributed by atoms with E-state index >= 15 is 8.78 Å². The number of nitrogens with one attached hydrogen (secondary N) is 1. The van der Waals surface area contributed by atoms with Crippen LogP contribution in [0, 0.1) is 17.6 Å². The summed E-state index contributed by atoms with van der Waals surface area (Å²) in [6, 6.07) is 8.44. The highest BCUT2D eigenvalue weighted by Crippen LogP contribution is 2.40. The molecule has 5 rings (SSSR count). The van der Waals surface area contributed by atoms with Gasteiger partial charge in [-0.1, -0.05) is 19.6 Å². The number of benzene rings is 1. The molecule has 0 saturated heterocycles. The highest BCUT2D eigenvalue weighted by molar-refractivity contribution is 6.76. The first-order valence-electron chi connectivity index (χ1n) is 15.8. The van der Waals surface area contributed by atoms with E-state index in [4.69, 9.17) is 14.2 Å². The van der Waals surface area contributed by atoms with E-state index < -0.39 is 37.2 Å². The molecule has 3 aromatic heterocycles. The molecule has 1 N–H and O–H groups in total. The van der Waals surface area contributed by atoms with E-state index in [0.717, 1.165) is 36.6 Å². The number of amides is 1. The molecule has 9 nitrogen and oxygen atoms in total. The molecule has 3 heterocycles. The van der Waals surface area contributed by atoms with Gasteiger partial charge in [-0.25, -0.2) is 18.6 Å². The van der Waals surface area contributed by atoms with Crippen molar-refractivity contribution >= 4 is 31.0 Å². The number of nitrogens with zero attached hydrogens (tertiary/aromatic N) is 3. The van der Waals surface area contributed by atoms with Gasteiger partial charge in [0.25, 0.3) is 0 Å². The minimum absolute atomic E-state index is 0.115. The number of ether oxygens (including phenoxy) is 3. The average molecular weight is 665 g/mol. The zero-order valence-corrected chi connectivity index (χ0v) is 28.8. The first-order chi connectivity index (χ1) is 22.2. The molecule has 1 aliphatic rings. The Bertz CT molecular complexity index is 1750. The van der Waals surface area contributed by atoms with Crippen LogP contribution in [0.25, 0.3) is 22.2 Å². The van der Waals surface area contributed by atoms with Gasteiger partial charge in [-0.3, -0.25) is 9.78 Å². The molecule has 0 spiro atoms. The molecule has 0 unspecified atom stereocenters. The Labute approximate surface area is 274 Å². The quantitative estimate of drug-likeness (QED) is 0.114. The van der Waals surface area contributed by atoms with Crippen molar-refractivity contribution in [2.24, 2.45) is 5.92 Å². The summed E-state index contributed by atoms with van der Waals surface area (Å²) in [7, 11) is -1.31. The molecule has 0 aliphatic heterocycles. The van der Waals surface area contributed by atoms with Gasteiger partial charge in [0.2, 0.25) is 0 Å². The lowest BCUT2D eigenvalue weighted by atomic mass is 10.0. The number of fused-ring (bicyclic) bond motifs is 1. The van der Waals surface area contributed by atoms with E-state index in [0.29, 0.717) is 28.9 Å². The summed E-state index contributed by atoms with van der Waals surface area (Å²) in [5, 5.41) is 3.03. The molecule has 1 amide bonds. The molecule has 0 atom stereocenters. The van der Waals surface area contributed by atoms with Gasteiger partial charge in [0.15, 0.2) is 17.4 Å². The molecule has 250 valence electrons. The van der Waals surface area contributed by atoms with Gasteiger partial charge in [0.1, 0.15) is 29.5 Å². The van der Waals surface area contributed by atoms with E-state index in [-0.39, 0.29) is 42.7 Å². The summed E-state index contributed by atoms with van der Waals surface area (Å²) in [5.41, 5.74) is 2.09. The predicted molar refractivity (Wildman–Crippen MR) is 178 cm³/mol. The maximum Gasteiger partial charge on any atom is 0.407 e. The smallest absolute Gasteiger partial charge is 0.407 e. The molecule has 0 bridgehead atoms. The van der Waals surface area contributed by atoms with Gasteiger partial charge < -0.3 is 24.1 Å². The molecule has 1 saturated carbocycles. The van der Waals surface area contributed by atoms with E-state index in [2.05, 4.69) is 34.9 Å². The van der Waals surface area contributed by atoms with Gasteiger partial charge in [0, 0.05) is 63.4 Å². The summed E-state index contributed by atoms with van der Waals surface area (Å²) in [4.78, 5) is 33.6. The maximum atomic E-state index is 15.4. The van der Waals surface area contributed by atoms with Crippen molar-refractivity contribution in [2.45, 2.75) is 84.6 Å². The number of Topliss-reactive ketones (excluding diaryl/α,β-unsaturated/α-hetero) is 1. The van der Waals surface area contributed by atoms with Crippen LogP contribution in [0.15, 0.2) is 48.9 Å². The van der Waals surface area contributed by atoms with Crippen LogP contribution in [0.4, 0.5) is 13.6 Å². The third-order valence-electron chi connectivity index (χ3n) is 7.57. The number of pyridine rings is 2. The monoisotopic (exact) mass is 664 g/mol. The highest BCUT2D eigenvalue weighted by atomic mass is 28.3. The van der Waals surface area contributed by atoms with Crippen molar-refractivity contribution in [2.75, 3.05) is 6.61 Å². The lowest BCUT2D eigenvalue weighted by Crippen LogP contribution is -2.32. The van der Waals surface area contributed by atoms with Crippen LogP contribution < -0.4 is 10.1 Å². The third-order valence-corrected chi connectivity index (χ3v) is 9.27. The van der Waals surface area contributed by atoms with Gasteiger partial charge in [-0.15, -0.1) is 0 Å². The summed E-state index contributed by atoms with van der Waals surface area (Å²) >= 11 is 0. The Morgan fingerprint density at radius 2 is 1.74 bits per heavy atom. The van der Waals surface area contributed by atoms with Crippen LogP contribution >= 0.6 is 0 Å². The Balaban J connectivity index is 1.46. The molecule has 12 heteroatoms. The second-order valence-electron chi connectivity index (χ2n) is 14.2. The number of rotatable bonds is 13. The van der Waals surface area contributed by atoms with Gasteiger partial charge in [-0.05, 0) is 81.1 Å². The lowest BCUT2D eigenvalue weighted by molar-refractivity contribution is -0.119. The molecule has 0 radical (unpaired) electrons. The second-order valence-corrected chi connectivity index (χ2v) is 19.8. The summed E-state index contributed by atoms with van der Waals surface area (Å²) in [6.45, 7) is 12.7. The van der Waals surface area contributed by atoms with E-state index in [9.17, 15) is 9.59 Å². The van der Waals surface area contributed by atoms with Crippen LogP contribution in [0.1, 0.15) is 44.9 Å². The minimum atomic E-state index is -1.31. The fourth-order valence-electron chi connectivity index (χ4n) is 5.01. The molecule has 47 heavy (non-hydrogen) atoms. The number of carbonyl (C=O) groups excluding carboxylic acids is 2. The number of carbonyl (C=O) groups is 2. The van der Waals surface area contributed by atoms with Gasteiger partial charge >= 0.3 is 6.09 Å². The van der Waals surface area contributed by atoms with E-state index in [1.807, 2.05) is 22.9 Å². The van der Waals surface area contributed by atoms with Crippen LogP contribution in [0.2, 0.25) is 25.7 Å². The van der Waals surface area contributed by atoms with Crippen LogP contribution in [0.3, 0.4) is 0 Å². The molecule has 1 fully saturated rings. The number of aromatic nitrogens is 3. The Morgan fingerprint density at radius 3 is 2.40 bits per heavy atom. The third kappa shape index (κ3) is 9.22. The standard InChI is InChI=1S/C35H42F2N4O5Si/c1-35(2,3)46-34(43)40-19-22-15-27(36)32(28(37)16-22)45-30-10-12-39-33-31(30)26(20-41(33)21-44-13-14-47(4,5)6)24-9-11-38-25(17-24)18-29(42)23-7-8-23/h9-12,15-17,20,23H,7-8,13-14,18-19,21H2,1-6H3,(H,40,43). The van der Waals surface area contributed by atoms with Crippen LogP contribution in [0.5, 0.6) is 11.5 Å². The van der Waals surface area contributed by atoms with Gasteiger partial charge in [-0.2, -0.15) is 0 Å². The van der Waals surface area contributed by atoms with Crippen molar-refractivity contribution < 1.29 is 32.6 Å². The second kappa shape index (κ2) is 13.9. The number of ketones is 1. The first-order valence-corrected chi connectivity index (χ1v) is 19.5. The van der Waals surface area contributed by atoms with Crippen molar-refractivity contribution in [1.82, 2.24) is 19.9 Å². The summed E-state index contributed by atoms with van der Waals surface area (Å²) < 4.78 is 49.8. The maximum absolute atomic E-state index is 15.4. The fraction of sp³-hybridized carbons (Fsp3) is 0.429. The lowest BCUT2D eigenvalue weighted by Gasteiger charge is -2.19. The molecular formula is C35H42F2N4O5Si. The Morgan fingerprint density at radius 1 is 1.04 bits per heavy atom. The number of halogens is 2. The van der Waals surface area contributed by atoms with Crippen molar-refractivity contribution in [1.29, 1.82) is 0 Å². The number of alkyl carbamates (subject to hydrolysis) is 1. The van der Waals surface area contributed by atoms with Crippen molar-refractivity contribution in [3.8, 4) is 22.6 Å². The highest BCUT2D eigenvalue weighted by Gasteiger charge is 2.29. The Kier molecular flexibility index (Phi) is 10.1. The normalized spacial score (nSPS) is 13.5. The topological polar surface area (TPSA) is 105 Å². The zero-order valence-electron chi connectivity index (χ0n) is 27.8. The summed E-state index contributed by atoms with van der Waals surface area (Å²) in [5.74, 6) is -1.98. The first kappa shape index (κ1) is 34.2. The van der Waals surface area contributed by atoms with Gasteiger partial charge in [0.05, 0.1) is 5.39 Å². The fourth-order valence-corrected chi connectivity index (χ4v) is 5.77. The number of hydrogen-bond acceptors (Lipinski definition) is 7. The molecular weight excluding hydrogens is 622 g/mol. The minimum Gasteiger partial charge on any atom is -0.450 e. The van der Waals surface area contributed by atoms with Crippen molar-refractivity contribution in [3.05, 3.63) is 71.8 Å². The molecule has 1 aromatic carbocycles. The SMILES string of the molecule is CC(C)(C)OC(=O)NCc1cc(F)c(Oc2ccnc3c2c(-c2ccnc(CC(=O)C4CC4)c2)cn3COCC[Si](C)(C)C)c(F)c1. The Hall–Kier alpha value is -4.16. The van der Waals surface area contributed by atoms with Crippen molar-refractivity contribution in [3.63, 3.8) is 0 Å². The molecule has 1 aliphatic carbocycles. The van der Waals surface area contributed by atoms with Crippen LogP contribution in [-0.2, 0) is 34.0 Å². The predicted octanol–water partition coefficient (Wildman–Crippen LogP) is 8.03. The van der Waals surface area contributed by atoms with E-state index in [1.165, 1.54) is 6.20 Å². The average Bonchev–Trinajstić information content (AvgIpc) is 3.76. The van der Waals surface area contributed by atoms with Crippen LogP contribution in [-0.4, -0.2) is 46.7 Å². The molecule has 4 aromatic rings. The zero-order chi connectivity index (χ0) is 33.9. The number of hydrogen-bond donors (Lipinski definition) is 1.